The van der Waals surface area contributed by atoms with Gasteiger partial charge in [-0.3, -0.25) is 9.79 Å². The Morgan fingerprint density at radius 2 is 2.00 bits per heavy atom. The Morgan fingerprint density at radius 3 is 2.61 bits per heavy atom. The van der Waals surface area contributed by atoms with Gasteiger partial charge in [-0.15, -0.1) is 0 Å². The lowest BCUT2D eigenvalue weighted by Crippen LogP contribution is -2.33. The van der Waals surface area contributed by atoms with Crippen LogP contribution in [0.15, 0.2) is 4.99 Å². The maximum absolute atomic E-state index is 12.0. The third-order valence-electron chi connectivity index (χ3n) is 3.87. The molecular weight excluding hydrogens is 244 g/mol. The van der Waals surface area contributed by atoms with Crippen LogP contribution in [0.1, 0.15) is 65.2 Å². The fourth-order valence-corrected chi connectivity index (χ4v) is 3.99. The molecule has 0 aromatic carbocycles. The topological polar surface area (TPSA) is 41.5 Å². The monoisotopic (exact) mass is 268 g/mol. The summed E-state index contributed by atoms with van der Waals surface area (Å²) >= 11 is 1.64. The molecule has 0 aromatic heterocycles. The highest BCUT2D eigenvalue weighted by molar-refractivity contribution is 8.16. The molecule has 2 aliphatic rings. The Morgan fingerprint density at radius 1 is 1.33 bits per heavy atom. The number of thioether (sulfide) groups is 1. The van der Waals surface area contributed by atoms with Gasteiger partial charge in [-0.05, 0) is 26.2 Å². The summed E-state index contributed by atoms with van der Waals surface area (Å²) in [5.74, 6) is 0.140. The Kier molecular flexibility index (Phi) is 4.71. The van der Waals surface area contributed by atoms with Crippen LogP contribution in [0.25, 0.3) is 0 Å². The van der Waals surface area contributed by atoms with E-state index in [9.17, 15) is 4.79 Å². The molecule has 0 bridgehead atoms. The number of nitrogens with zero attached hydrogens (tertiary/aromatic N) is 1. The minimum atomic E-state index is -0.293. The molecule has 0 aromatic rings. The largest absolute Gasteiger partial charge is 0.304 e. The van der Waals surface area contributed by atoms with E-state index in [1.54, 1.807) is 11.8 Å². The second kappa shape index (κ2) is 6.09. The third-order valence-corrected chi connectivity index (χ3v) is 5.12. The molecule has 0 unspecified atom stereocenters. The maximum Gasteiger partial charge on any atom is 0.242 e. The van der Waals surface area contributed by atoms with Gasteiger partial charge in [0.1, 0.15) is 0 Å². The second-order valence-electron chi connectivity index (χ2n) is 5.62. The van der Waals surface area contributed by atoms with Gasteiger partial charge in [0.05, 0.1) is 10.8 Å². The second-order valence-corrected chi connectivity index (χ2v) is 7.11. The SMILES string of the molecule is CCC[C@@]1(C)SC(=NC2CCCCCC2)NC1=O. The van der Waals surface area contributed by atoms with Crippen molar-refractivity contribution in [3.63, 3.8) is 0 Å². The average Bonchev–Trinajstić information content (AvgIpc) is 2.53. The van der Waals surface area contributed by atoms with E-state index in [-0.39, 0.29) is 10.7 Å². The predicted molar refractivity (Wildman–Crippen MR) is 78.0 cm³/mol. The van der Waals surface area contributed by atoms with Gasteiger partial charge in [0.2, 0.25) is 5.91 Å². The van der Waals surface area contributed by atoms with Crippen LogP contribution in [0.5, 0.6) is 0 Å². The molecule has 1 N–H and O–H groups in total. The lowest BCUT2D eigenvalue weighted by molar-refractivity contribution is -0.121. The number of hydrogen-bond donors (Lipinski definition) is 1. The van der Waals surface area contributed by atoms with E-state index in [1.165, 1.54) is 38.5 Å². The zero-order valence-electron chi connectivity index (χ0n) is 11.5. The smallest absolute Gasteiger partial charge is 0.242 e. The van der Waals surface area contributed by atoms with Gasteiger partial charge in [0.15, 0.2) is 5.17 Å². The molecule has 1 saturated carbocycles. The molecule has 1 aliphatic carbocycles. The summed E-state index contributed by atoms with van der Waals surface area (Å²) in [6.07, 6.45) is 9.58. The number of amidine groups is 1. The van der Waals surface area contributed by atoms with Crippen LogP contribution in [0.3, 0.4) is 0 Å². The number of carbonyl (C=O) groups is 1. The summed E-state index contributed by atoms with van der Waals surface area (Å²) < 4.78 is -0.293. The van der Waals surface area contributed by atoms with Gasteiger partial charge in [0.25, 0.3) is 0 Å². The summed E-state index contributed by atoms with van der Waals surface area (Å²) in [6, 6.07) is 0.430. The number of carbonyl (C=O) groups excluding carboxylic acids is 1. The molecule has 2 fully saturated rings. The minimum absolute atomic E-state index is 0.140. The summed E-state index contributed by atoms with van der Waals surface area (Å²) in [5, 5.41) is 3.83. The molecule has 1 aliphatic heterocycles. The fourth-order valence-electron chi connectivity index (χ4n) is 2.77. The molecule has 0 spiro atoms. The zero-order valence-corrected chi connectivity index (χ0v) is 12.3. The van der Waals surface area contributed by atoms with Crippen LogP contribution in [0.4, 0.5) is 0 Å². The molecule has 0 radical (unpaired) electrons. The number of hydrogen-bond acceptors (Lipinski definition) is 3. The third kappa shape index (κ3) is 3.28. The standard InChI is InChI=1S/C14H24N2OS/c1-3-10-14(2)12(17)16-13(18-14)15-11-8-6-4-5-7-9-11/h11H,3-10H2,1-2H3,(H,15,16,17)/t14-/m1/s1. The van der Waals surface area contributed by atoms with E-state index in [4.69, 9.17) is 4.99 Å². The molecule has 1 amide bonds. The zero-order chi connectivity index (χ0) is 13.0. The van der Waals surface area contributed by atoms with Crippen molar-refractivity contribution in [3.05, 3.63) is 0 Å². The Labute approximate surface area is 114 Å². The van der Waals surface area contributed by atoms with Crippen LogP contribution >= 0.6 is 11.8 Å². The molecule has 4 heteroatoms. The summed E-state index contributed by atoms with van der Waals surface area (Å²) in [5.41, 5.74) is 0. The Bertz CT molecular complexity index is 335. The van der Waals surface area contributed by atoms with Gasteiger partial charge in [-0.1, -0.05) is 50.8 Å². The van der Waals surface area contributed by atoms with Gasteiger partial charge in [-0.2, -0.15) is 0 Å². The quantitative estimate of drug-likeness (QED) is 0.796. The van der Waals surface area contributed by atoms with Gasteiger partial charge < -0.3 is 5.32 Å². The molecule has 102 valence electrons. The first-order valence-corrected chi connectivity index (χ1v) is 8.04. The molecule has 1 saturated heterocycles. The van der Waals surface area contributed by atoms with Crippen LogP contribution in [0.2, 0.25) is 0 Å². The normalized spacial score (nSPS) is 32.6. The molecule has 1 atom stereocenters. The van der Waals surface area contributed by atoms with Crippen molar-refractivity contribution < 1.29 is 4.79 Å². The van der Waals surface area contributed by atoms with E-state index in [0.29, 0.717) is 6.04 Å². The van der Waals surface area contributed by atoms with Crippen LogP contribution in [0, 0.1) is 0 Å². The van der Waals surface area contributed by atoms with E-state index < -0.39 is 0 Å². The van der Waals surface area contributed by atoms with Crippen molar-refractivity contribution in [2.45, 2.75) is 76.0 Å². The maximum atomic E-state index is 12.0. The molecular formula is C14H24N2OS. The number of rotatable bonds is 3. The number of amides is 1. The van der Waals surface area contributed by atoms with E-state index >= 15 is 0 Å². The summed E-state index contributed by atoms with van der Waals surface area (Å²) in [4.78, 5) is 16.8. The summed E-state index contributed by atoms with van der Waals surface area (Å²) in [6.45, 7) is 4.16. The first-order chi connectivity index (χ1) is 8.64. The highest BCUT2D eigenvalue weighted by atomic mass is 32.2. The van der Waals surface area contributed by atoms with Crippen molar-refractivity contribution in [1.29, 1.82) is 0 Å². The molecule has 1 heterocycles. The molecule has 18 heavy (non-hydrogen) atoms. The van der Waals surface area contributed by atoms with Gasteiger partial charge >= 0.3 is 0 Å². The number of aliphatic imine (C=N–C) groups is 1. The highest BCUT2D eigenvalue weighted by Gasteiger charge is 2.41. The first kappa shape index (κ1) is 13.9. The van der Waals surface area contributed by atoms with E-state index in [2.05, 4.69) is 12.2 Å². The van der Waals surface area contributed by atoms with Crippen molar-refractivity contribution in [1.82, 2.24) is 5.32 Å². The van der Waals surface area contributed by atoms with Crippen LogP contribution in [-0.2, 0) is 4.79 Å². The molecule has 2 rings (SSSR count). The van der Waals surface area contributed by atoms with Gasteiger partial charge in [-0.25, -0.2) is 0 Å². The van der Waals surface area contributed by atoms with Crippen molar-refractivity contribution >= 4 is 22.8 Å². The highest BCUT2D eigenvalue weighted by Crippen LogP contribution is 2.36. The lowest BCUT2D eigenvalue weighted by Gasteiger charge is -2.16. The minimum Gasteiger partial charge on any atom is -0.304 e. The van der Waals surface area contributed by atoms with Crippen molar-refractivity contribution in [2.24, 2.45) is 4.99 Å². The summed E-state index contributed by atoms with van der Waals surface area (Å²) in [7, 11) is 0. The first-order valence-electron chi connectivity index (χ1n) is 7.22. The van der Waals surface area contributed by atoms with Gasteiger partial charge in [0, 0.05) is 0 Å². The van der Waals surface area contributed by atoms with E-state index in [1.807, 2.05) is 6.92 Å². The van der Waals surface area contributed by atoms with E-state index in [0.717, 1.165) is 18.0 Å². The predicted octanol–water partition coefficient (Wildman–Crippen LogP) is 3.49. The van der Waals surface area contributed by atoms with Crippen molar-refractivity contribution in [3.8, 4) is 0 Å². The number of nitrogens with one attached hydrogen (secondary N) is 1. The Hall–Kier alpha value is -0.510. The van der Waals surface area contributed by atoms with Crippen LogP contribution in [-0.4, -0.2) is 21.9 Å². The lowest BCUT2D eigenvalue weighted by atomic mass is 10.0. The van der Waals surface area contributed by atoms with Crippen LogP contribution < -0.4 is 5.32 Å². The average molecular weight is 268 g/mol. The Balaban J connectivity index is 1.99. The van der Waals surface area contributed by atoms with Crippen molar-refractivity contribution in [2.75, 3.05) is 0 Å². The fraction of sp³-hybridized carbons (Fsp3) is 0.857. The molecule has 3 nitrogen and oxygen atoms in total.